The summed E-state index contributed by atoms with van der Waals surface area (Å²) in [7, 11) is 1.94. The first-order chi connectivity index (χ1) is 6.69. The van der Waals surface area contributed by atoms with Crippen molar-refractivity contribution in [1.29, 1.82) is 0 Å². The van der Waals surface area contributed by atoms with Gasteiger partial charge in [0.25, 0.3) is 0 Å². The predicted octanol–water partition coefficient (Wildman–Crippen LogP) is 2.19. The van der Waals surface area contributed by atoms with Gasteiger partial charge in [0.05, 0.1) is 18.5 Å². The second-order valence-electron chi connectivity index (χ2n) is 3.47. The third kappa shape index (κ3) is 2.75. The number of aliphatic hydroxyl groups excluding tert-OH is 1. The fourth-order valence-electron chi connectivity index (χ4n) is 1.33. The number of aromatic nitrogens is 2. The van der Waals surface area contributed by atoms with Crippen LogP contribution in [0.3, 0.4) is 0 Å². The lowest BCUT2D eigenvalue weighted by Crippen LogP contribution is -2.01. The highest BCUT2D eigenvalue weighted by molar-refractivity contribution is 7.99. The molecule has 1 aromatic heterocycles. The van der Waals surface area contributed by atoms with Crippen molar-refractivity contribution in [3.05, 3.63) is 11.9 Å². The Morgan fingerprint density at radius 2 is 2.36 bits per heavy atom. The minimum atomic E-state index is 0.0617. The molecule has 1 N–H and O–H groups in total. The quantitative estimate of drug-likeness (QED) is 0.764. The molecule has 0 aliphatic heterocycles. The van der Waals surface area contributed by atoms with Crippen LogP contribution < -0.4 is 0 Å². The van der Waals surface area contributed by atoms with E-state index in [1.165, 1.54) is 12.8 Å². The summed E-state index contributed by atoms with van der Waals surface area (Å²) in [6.07, 6.45) is 4.14. The third-order valence-electron chi connectivity index (χ3n) is 2.21. The minimum Gasteiger partial charge on any atom is -0.390 e. The molecule has 0 saturated carbocycles. The molecule has 0 amide bonds. The van der Waals surface area contributed by atoms with Crippen molar-refractivity contribution in [3.63, 3.8) is 0 Å². The monoisotopic (exact) mass is 214 g/mol. The predicted molar refractivity (Wildman–Crippen MR) is 59.4 cm³/mol. The third-order valence-corrected chi connectivity index (χ3v) is 3.43. The lowest BCUT2D eigenvalue weighted by molar-refractivity contribution is 0.271. The van der Waals surface area contributed by atoms with Crippen LogP contribution in [0.1, 0.15) is 32.4 Å². The summed E-state index contributed by atoms with van der Waals surface area (Å²) in [6.45, 7) is 4.46. The molecule has 1 rings (SSSR count). The van der Waals surface area contributed by atoms with Crippen molar-refractivity contribution >= 4 is 11.8 Å². The molecule has 80 valence electrons. The standard InChI is InChI=1S/C10H18N2OS/c1-4-5-8(2)14-10-11-6-9(7-13)12(10)3/h6,8,13H,4-5,7H2,1-3H3. The molecular formula is C10H18N2OS. The Hall–Kier alpha value is -0.480. The zero-order chi connectivity index (χ0) is 10.6. The van der Waals surface area contributed by atoms with Crippen molar-refractivity contribution in [1.82, 2.24) is 9.55 Å². The lowest BCUT2D eigenvalue weighted by Gasteiger charge is -2.09. The van der Waals surface area contributed by atoms with Gasteiger partial charge < -0.3 is 9.67 Å². The molecule has 0 aliphatic carbocycles. The first-order valence-electron chi connectivity index (χ1n) is 4.97. The first-order valence-corrected chi connectivity index (χ1v) is 5.85. The molecule has 0 bridgehead atoms. The van der Waals surface area contributed by atoms with Gasteiger partial charge >= 0.3 is 0 Å². The maximum Gasteiger partial charge on any atom is 0.168 e. The summed E-state index contributed by atoms with van der Waals surface area (Å²) < 4.78 is 1.96. The Morgan fingerprint density at radius 3 is 2.86 bits per heavy atom. The van der Waals surface area contributed by atoms with Crippen molar-refractivity contribution in [2.75, 3.05) is 0 Å². The maximum atomic E-state index is 9.00. The molecule has 0 radical (unpaired) electrons. The van der Waals surface area contributed by atoms with E-state index in [-0.39, 0.29) is 6.61 Å². The second kappa shape index (κ2) is 5.41. The summed E-state index contributed by atoms with van der Waals surface area (Å²) in [4.78, 5) is 4.27. The van der Waals surface area contributed by atoms with Gasteiger partial charge in [-0.15, -0.1) is 0 Å². The van der Waals surface area contributed by atoms with Crippen LogP contribution in [-0.2, 0) is 13.7 Å². The minimum absolute atomic E-state index is 0.0617. The van der Waals surface area contributed by atoms with Gasteiger partial charge in [0.15, 0.2) is 5.16 Å². The van der Waals surface area contributed by atoms with E-state index in [0.717, 1.165) is 10.9 Å². The summed E-state index contributed by atoms with van der Waals surface area (Å²) in [5.41, 5.74) is 0.871. The maximum absolute atomic E-state index is 9.00. The average molecular weight is 214 g/mol. The zero-order valence-corrected chi connectivity index (χ0v) is 9.84. The van der Waals surface area contributed by atoms with Crippen LogP contribution in [0.5, 0.6) is 0 Å². The lowest BCUT2D eigenvalue weighted by atomic mass is 10.3. The molecule has 0 saturated heterocycles. The Balaban J connectivity index is 2.62. The Kier molecular flexibility index (Phi) is 4.48. The van der Waals surface area contributed by atoms with Gasteiger partial charge in [-0.3, -0.25) is 0 Å². The smallest absolute Gasteiger partial charge is 0.168 e. The summed E-state index contributed by atoms with van der Waals surface area (Å²) in [5.74, 6) is 0. The van der Waals surface area contributed by atoms with Gasteiger partial charge in [-0.1, -0.05) is 32.0 Å². The van der Waals surface area contributed by atoms with Crippen molar-refractivity contribution in [3.8, 4) is 0 Å². The summed E-state index contributed by atoms with van der Waals surface area (Å²) >= 11 is 1.77. The zero-order valence-electron chi connectivity index (χ0n) is 9.03. The molecule has 0 aliphatic rings. The van der Waals surface area contributed by atoms with E-state index in [2.05, 4.69) is 18.8 Å². The van der Waals surface area contributed by atoms with Crippen molar-refractivity contribution in [2.24, 2.45) is 7.05 Å². The van der Waals surface area contributed by atoms with Crippen LogP contribution in [0.25, 0.3) is 0 Å². The van der Waals surface area contributed by atoms with E-state index in [4.69, 9.17) is 5.11 Å². The van der Waals surface area contributed by atoms with Gasteiger partial charge in [0.1, 0.15) is 0 Å². The fraction of sp³-hybridized carbons (Fsp3) is 0.700. The molecule has 14 heavy (non-hydrogen) atoms. The van der Waals surface area contributed by atoms with Gasteiger partial charge in [-0.05, 0) is 6.42 Å². The Bertz CT molecular complexity index is 286. The molecular weight excluding hydrogens is 196 g/mol. The van der Waals surface area contributed by atoms with E-state index in [1.54, 1.807) is 18.0 Å². The van der Waals surface area contributed by atoms with Gasteiger partial charge in [0, 0.05) is 12.3 Å². The molecule has 0 spiro atoms. The van der Waals surface area contributed by atoms with Gasteiger partial charge in [-0.25, -0.2) is 4.98 Å². The molecule has 1 unspecified atom stereocenters. The summed E-state index contributed by atoms with van der Waals surface area (Å²) in [6, 6.07) is 0. The first kappa shape index (κ1) is 11.6. The number of thioether (sulfide) groups is 1. The Morgan fingerprint density at radius 1 is 1.64 bits per heavy atom. The van der Waals surface area contributed by atoms with Crippen LogP contribution in [0, 0.1) is 0 Å². The average Bonchev–Trinajstić information content (AvgIpc) is 2.48. The van der Waals surface area contributed by atoms with Crippen LogP contribution in [0.15, 0.2) is 11.4 Å². The summed E-state index contributed by atoms with van der Waals surface area (Å²) in [5, 5.41) is 10.6. The van der Waals surface area contributed by atoms with Gasteiger partial charge in [-0.2, -0.15) is 0 Å². The number of imidazole rings is 1. The highest BCUT2D eigenvalue weighted by Crippen LogP contribution is 2.24. The second-order valence-corrected chi connectivity index (χ2v) is 4.87. The number of hydrogen-bond acceptors (Lipinski definition) is 3. The molecule has 0 aromatic carbocycles. The van der Waals surface area contributed by atoms with Crippen molar-refractivity contribution < 1.29 is 5.11 Å². The highest BCUT2D eigenvalue weighted by atomic mass is 32.2. The molecule has 0 fully saturated rings. The molecule has 1 aromatic rings. The van der Waals surface area contributed by atoms with Crippen LogP contribution in [-0.4, -0.2) is 19.9 Å². The normalized spacial score (nSPS) is 13.1. The number of aliphatic hydroxyl groups is 1. The molecule has 1 atom stereocenters. The number of hydrogen-bond donors (Lipinski definition) is 1. The fourth-order valence-corrected chi connectivity index (χ4v) is 2.43. The Labute approximate surface area is 89.5 Å². The largest absolute Gasteiger partial charge is 0.390 e. The topological polar surface area (TPSA) is 38.1 Å². The van der Waals surface area contributed by atoms with E-state index < -0.39 is 0 Å². The molecule has 3 nitrogen and oxygen atoms in total. The van der Waals surface area contributed by atoms with E-state index in [9.17, 15) is 0 Å². The van der Waals surface area contributed by atoms with Crippen LogP contribution in [0.2, 0.25) is 0 Å². The van der Waals surface area contributed by atoms with Crippen LogP contribution in [0.4, 0.5) is 0 Å². The van der Waals surface area contributed by atoms with Gasteiger partial charge in [0.2, 0.25) is 0 Å². The molecule has 1 heterocycles. The number of nitrogens with zero attached hydrogens (tertiary/aromatic N) is 2. The number of rotatable bonds is 5. The van der Waals surface area contributed by atoms with E-state index in [0.29, 0.717) is 5.25 Å². The van der Waals surface area contributed by atoms with Crippen LogP contribution >= 0.6 is 11.8 Å². The SMILES string of the molecule is CCCC(C)Sc1ncc(CO)n1C. The highest BCUT2D eigenvalue weighted by Gasteiger charge is 2.09. The van der Waals surface area contributed by atoms with E-state index in [1.807, 2.05) is 11.6 Å². The van der Waals surface area contributed by atoms with Crippen molar-refractivity contribution in [2.45, 2.75) is 43.7 Å². The molecule has 4 heteroatoms. The van der Waals surface area contributed by atoms with E-state index >= 15 is 0 Å².